The van der Waals surface area contributed by atoms with Gasteiger partial charge >= 0.3 is 0 Å². The summed E-state index contributed by atoms with van der Waals surface area (Å²) in [5, 5.41) is 0.723. The first-order valence-corrected chi connectivity index (χ1v) is 11.8. The first-order valence-electron chi connectivity index (χ1n) is 11.4. The van der Waals surface area contributed by atoms with E-state index in [2.05, 4.69) is 50.9 Å². The molecule has 1 amide bonds. The van der Waals surface area contributed by atoms with E-state index in [0.29, 0.717) is 19.6 Å². The average Bonchev–Trinajstić information content (AvgIpc) is 3.33. The molecule has 0 aliphatic carbocycles. The van der Waals surface area contributed by atoms with Gasteiger partial charge in [-0.3, -0.25) is 9.69 Å². The van der Waals surface area contributed by atoms with Crippen molar-refractivity contribution in [1.29, 1.82) is 0 Å². The van der Waals surface area contributed by atoms with Gasteiger partial charge in [0.2, 0.25) is 5.91 Å². The summed E-state index contributed by atoms with van der Waals surface area (Å²) in [6.07, 6.45) is 2.12. The van der Waals surface area contributed by atoms with E-state index in [1.54, 1.807) is 7.11 Å². The molecule has 0 spiro atoms. The molecule has 0 N–H and O–H groups in total. The van der Waals surface area contributed by atoms with E-state index < -0.39 is 0 Å². The second-order valence-electron chi connectivity index (χ2n) is 8.59. The Morgan fingerprint density at radius 3 is 2.45 bits per heavy atom. The topological polar surface area (TPSA) is 41.0 Å². The summed E-state index contributed by atoms with van der Waals surface area (Å²) in [4.78, 5) is 19.9. The fourth-order valence-corrected chi connectivity index (χ4v) is 5.12. The number of anilines is 1. The number of aromatic nitrogens is 1. The summed E-state index contributed by atoms with van der Waals surface area (Å²) in [7, 11) is 1.70. The van der Waals surface area contributed by atoms with Crippen LogP contribution in [0.25, 0.3) is 0 Å². The molecule has 3 heterocycles. The molecule has 33 heavy (non-hydrogen) atoms. The highest BCUT2D eigenvalue weighted by Gasteiger charge is 2.32. The summed E-state index contributed by atoms with van der Waals surface area (Å²) in [5.41, 5.74) is 3.47. The van der Waals surface area contributed by atoms with Crippen LogP contribution in [0.4, 0.5) is 5.69 Å². The van der Waals surface area contributed by atoms with E-state index in [4.69, 9.17) is 16.3 Å². The molecule has 1 unspecified atom stereocenters. The number of hydrogen-bond donors (Lipinski definition) is 0. The van der Waals surface area contributed by atoms with Crippen molar-refractivity contribution in [2.24, 2.45) is 0 Å². The van der Waals surface area contributed by atoms with Gasteiger partial charge in [0.15, 0.2) is 0 Å². The molecular weight excluding hydrogens is 436 g/mol. The molecule has 2 aliphatic rings. The van der Waals surface area contributed by atoms with E-state index in [9.17, 15) is 4.79 Å². The maximum Gasteiger partial charge on any atom is 0.236 e. The summed E-state index contributed by atoms with van der Waals surface area (Å²) >= 11 is 6.14. The minimum absolute atomic E-state index is 0.0461. The third-order valence-electron chi connectivity index (χ3n) is 6.72. The predicted octanol–water partition coefficient (Wildman–Crippen LogP) is 3.90. The number of methoxy groups -OCH3 is 1. The lowest BCUT2D eigenvalue weighted by Crippen LogP contribution is -2.52. The predicted molar refractivity (Wildman–Crippen MR) is 131 cm³/mol. The first-order chi connectivity index (χ1) is 16.1. The fraction of sp³-hybridized carbons (Fsp3) is 0.346. The molecule has 7 heteroatoms. The highest BCUT2D eigenvalue weighted by atomic mass is 35.5. The van der Waals surface area contributed by atoms with Crippen molar-refractivity contribution in [3.8, 4) is 5.75 Å². The number of rotatable bonds is 5. The summed E-state index contributed by atoms with van der Waals surface area (Å²) < 4.78 is 7.80. The lowest BCUT2D eigenvalue weighted by atomic mass is 10.00. The largest absolute Gasteiger partial charge is 0.495 e. The van der Waals surface area contributed by atoms with Gasteiger partial charge in [-0.2, -0.15) is 0 Å². The fourth-order valence-electron chi connectivity index (χ4n) is 4.99. The first kappa shape index (κ1) is 21.9. The third-order valence-corrected chi connectivity index (χ3v) is 6.97. The quantitative estimate of drug-likeness (QED) is 0.574. The lowest BCUT2D eigenvalue weighted by Gasteiger charge is -2.40. The molecule has 0 bridgehead atoms. The summed E-state index contributed by atoms with van der Waals surface area (Å²) in [6, 6.07) is 20.3. The van der Waals surface area contributed by atoms with Crippen LogP contribution in [-0.4, -0.2) is 66.7 Å². The van der Waals surface area contributed by atoms with Gasteiger partial charge in [-0.05, 0) is 42.0 Å². The summed E-state index contributed by atoms with van der Waals surface area (Å²) in [6.45, 7) is 5.17. The Kier molecular flexibility index (Phi) is 6.29. The highest BCUT2D eigenvalue weighted by molar-refractivity contribution is 6.30. The number of benzene rings is 2. The molecule has 1 aromatic heterocycles. The number of hydrogen-bond acceptors (Lipinski definition) is 4. The molecule has 6 nitrogen and oxygen atoms in total. The zero-order chi connectivity index (χ0) is 22.8. The Morgan fingerprint density at radius 1 is 0.939 bits per heavy atom. The molecule has 1 fully saturated rings. The van der Waals surface area contributed by atoms with Crippen LogP contribution in [0.5, 0.6) is 5.75 Å². The second-order valence-corrected chi connectivity index (χ2v) is 9.03. The Hall–Kier alpha value is -2.96. The van der Waals surface area contributed by atoms with Crippen LogP contribution in [0.15, 0.2) is 66.9 Å². The standard InChI is InChI=1S/C26H29ClN4O2/c1-33-24-7-3-2-5-22(24)29-13-16-30(17-14-29)25(32)19-31-18-15-28-12-4-6-23(28)26(31)20-8-10-21(27)11-9-20/h2-12,26H,13-19H2,1H3. The van der Waals surface area contributed by atoms with Crippen molar-refractivity contribution >= 4 is 23.2 Å². The SMILES string of the molecule is COc1ccccc1N1CCN(C(=O)CN2CCn3cccc3C2c2ccc(Cl)cc2)CC1. The van der Waals surface area contributed by atoms with Crippen molar-refractivity contribution < 1.29 is 9.53 Å². The Balaban J connectivity index is 1.28. The molecule has 5 rings (SSSR count). The number of carbonyl (C=O) groups excluding carboxylic acids is 1. The van der Waals surface area contributed by atoms with E-state index in [1.807, 2.05) is 35.2 Å². The van der Waals surface area contributed by atoms with Gasteiger partial charge in [-0.15, -0.1) is 0 Å². The van der Waals surface area contributed by atoms with Crippen LogP contribution < -0.4 is 9.64 Å². The van der Waals surface area contributed by atoms with Gasteiger partial charge in [0, 0.05) is 56.2 Å². The molecule has 1 atom stereocenters. The molecule has 2 aromatic carbocycles. The number of halogens is 1. The number of para-hydroxylation sites is 2. The lowest BCUT2D eigenvalue weighted by molar-refractivity contribution is -0.133. The van der Waals surface area contributed by atoms with Crippen molar-refractivity contribution in [3.63, 3.8) is 0 Å². The molecule has 3 aromatic rings. The number of ether oxygens (including phenoxy) is 1. The van der Waals surface area contributed by atoms with Crippen molar-refractivity contribution in [2.45, 2.75) is 12.6 Å². The minimum atomic E-state index is 0.0461. The molecule has 1 saturated heterocycles. The molecule has 0 radical (unpaired) electrons. The van der Waals surface area contributed by atoms with Gasteiger partial charge < -0.3 is 19.1 Å². The van der Waals surface area contributed by atoms with Gasteiger partial charge in [-0.25, -0.2) is 0 Å². The Morgan fingerprint density at radius 2 is 1.70 bits per heavy atom. The van der Waals surface area contributed by atoms with E-state index in [0.717, 1.165) is 48.2 Å². The number of carbonyl (C=O) groups is 1. The molecular formula is C26H29ClN4O2. The number of nitrogens with zero attached hydrogens (tertiary/aromatic N) is 4. The number of fused-ring (bicyclic) bond motifs is 1. The van der Waals surface area contributed by atoms with E-state index >= 15 is 0 Å². The maximum absolute atomic E-state index is 13.3. The summed E-state index contributed by atoms with van der Waals surface area (Å²) in [5.74, 6) is 1.06. The molecule has 0 saturated carbocycles. The van der Waals surface area contributed by atoms with Crippen molar-refractivity contribution in [1.82, 2.24) is 14.4 Å². The Labute approximate surface area is 199 Å². The zero-order valence-electron chi connectivity index (χ0n) is 18.9. The van der Waals surface area contributed by atoms with Crippen LogP contribution in [0.2, 0.25) is 5.02 Å². The van der Waals surface area contributed by atoms with Crippen LogP contribution >= 0.6 is 11.6 Å². The third kappa shape index (κ3) is 4.45. The normalized spacial score (nSPS) is 18.8. The van der Waals surface area contributed by atoms with Gasteiger partial charge in [0.05, 0.1) is 25.4 Å². The minimum Gasteiger partial charge on any atom is -0.495 e. The average molecular weight is 465 g/mol. The smallest absolute Gasteiger partial charge is 0.236 e. The van der Waals surface area contributed by atoms with Crippen LogP contribution in [0.1, 0.15) is 17.3 Å². The van der Waals surface area contributed by atoms with Crippen LogP contribution in [-0.2, 0) is 11.3 Å². The monoisotopic (exact) mass is 464 g/mol. The van der Waals surface area contributed by atoms with Gasteiger partial charge in [-0.1, -0.05) is 35.9 Å². The zero-order valence-corrected chi connectivity index (χ0v) is 19.6. The van der Waals surface area contributed by atoms with Gasteiger partial charge in [0.1, 0.15) is 5.75 Å². The number of piperazine rings is 1. The molecule has 172 valence electrons. The Bertz CT molecular complexity index is 1110. The second kappa shape index (κ2) is 9.49. The maximum atomic E-state index is 13.3. The number of amides is 1. The highest BCUT2D eigenvalue weighted by Crippen LogP contribution is 2.33. The van der Waals surface area contributed by atoms with Gasteiger partial charge in [0.25, 0.3) is 0 Å². The van der Waals surface area contributed by atoms with Crippen molar-refractivity contribution in [3.05, 3.63) is 83.1 Å². The van der Waals surface area contributed by atoms with Crippen molar-refractivity contribution in [2.75, 3.05) is 51.3 Å². The molecule has 2 aliphatic heterocycles. The van der Waals surface area contributed by atoms with E-state index in [1.165, 1.54) is 5.69 Å². The van der Waals surface area contributed by atoms with Crippen LogP contribution in [0, 0.1) is 0 Å². The van der Waals surface area contributed by atoms with Crippen LogP contribution in [0.3, 0.4) is 0 Å². The van der Waals surface area contributed by atoms with E-state index in [-0.39, 0.29) is 11.9 Å².